The minimum Gasteiger partial charge on any atom is -0.494 e. The van der Waals surface area contributed by atoms with Crippen LogP contribution >= 0.6 is 0 Å². The summed E-state index contributed by atoms with van der Waals surface area (Å²) in [6, 6.07) is 8.57. The monoisotopic (exact) mass is 349 g/mol. The number of ether oxygens (including phenoxy) is 1. The van der Waals surface area contributed by atoms with E-state index in [2.05, 4.69) is 5.10 Å². The molecule has 0 spiro atoms. The number of rotatable bonds is 6. The molecule has 6 nitrogen and oxygen atoms in total. The van der Waals surface area contributed by atoms with Gasteiger partial charge < -0.3 is 4.74 Å². The van der Waals surface area contributed by atoms with Gasteiger partial charge in [-0.15, -0.1) is 0 Å². The highest BCUT2D eigenvalue weighted by molar-refractivity contribution is 7.89. The summed E-state index contributed by atoms with van der Waals surface area (Å²) in [6.07, 6.45) is 5.43. The fourth-order valence-electron chi connectivity index (χ4n) is 3.03. The molecule has 2 aromatic rings. The molecule has 1 aromatic carbocycles. The van der Waals surface area contributed by atoms with Crippen LogP contribution in [0, 0.1) is 5.92 Å². The van der Waals surface area contributed by atoms with Crippen molar-refractivity contribution in [3.63, 3.8) is 0 Å². The molecular formula is C17H23N3O3S. The zero-order valence-electron chi connectivity index (χ0n) is 13.8. The maximum absolute atomic E-state index is 12.7. The molecule has 24 heavy (non-hydrogen) atoms. The summed E-state index contributed by atoms with van der Waals surface area (Å²) in [6.45, 7) is 4.43. The van der Waals surface area contributed by atoms with Crippen LogP contribution in [-0.2, 0) is 16.6 Å². The highest BCUT2D eigenvalue weighted by atomic mass is 32.2. The Morgan fingerprint density at radius 3 is 2.50 bits per heavy atom. The van der Waals surface area contributed by atoms with Gasteiger partial charge in [-0.3, -0.25) is 4.68 Å². The van der Waals surface area contributed by atoms with Crippen molar-refractivity contribution in [2.45, 2.75) is 31.2 Å². The van der Waals surface area contributed by atoms with Crippen LogP contribution in [0.3, 0.4) is 0 Å². The lowest BCUT2D eigenvalue weighted by molar-refractivity contribution is 0.247. The number of benzene rings is 1. The van der Waals surface area contributed by atoms with Crippen LogP contribution in [0.25, 0.3) is 0 Å². The molecule has 130 valence electrons. The second kappa shape index (κ2) is 7.36. The van der Waals surface area contributed by atoms with Crippen molar-refractivity contribution in [1.82, 2.24) is 14.1 Å². The number of sulfonamides is 1. The van der Waals surface area contributed by atoms with E-state index < -0.39 is 10.0 Å². The number of hydrogen-bond donors (Lipinski definition) is 0. The molecule has 0 unspecified atom stereocenters. The normalized spacial score (nSPS) is 17.0. The van der Waals surface area contributed by atoms with Crippen LogP contribution < -0.4 is 4.74 Å². The summed E-state index contributed by atoms with van der Waals surface area (Å²) in [5.74, 6) is 1.16. The molecule has 7 heteroatoms. The highest BCUT2D eigenvalue weighted by Gasteiger charge is 2.29. The average molecular weight is 349 g/mol. The molecular weight excluding hydrogens is 326 g/mol. The molecule has 0 saturated carbocycles. The molecule has 0 bridgehead atoms. The standard InChI is InChI=1S/C17H23N3O3S/c1-2-23-16-4-6-17(7-5-16)24(21,22)20-12-8-15(9-13-20)14-19-11-3-10-18-19/h3-7,10-11,15H,2,8-9,12-14H2,1H3. The molecule has 2 heterocycles. The van der Waals surface area contributed by atoms with Crippen molar-refractivity contribution in [3.05, 3.63) is 42.7 Å². The van der Waals surface area contributed by atoms with Crippen LogP contribution in [0.5, 0.6) is 5.75 Å². The molecule has 1 aliphatic rings. The Morgan fingerprint density at radius 1 is 1.21 bits per heavy atom. The SMILES string of the molecule is CCOc1ccc(S(=O)(=O)N2CCC(Cn3cccn3)CC2)cc1. The van der Waals surface area contributed by atoms with E-state index in [0.717, 1.165) is 19.4 Å². The third-order valence-corrected chi connectivity index (χ3v) is 6.26. The van der Waals surface area contributed by atoms with Crippen molar-refractivity contribution in [2.75, 3.05) is 19.7 Å². The van der Waals surface area contributed by atoms with Gasteiger partial charge in [-0.05, 0) is 56.0 Å². The van der Waals surface area contributed by atoms with Gasteiger partial charge in [0.15, 0.2) is 0 Å². The Balaban J connectivity index is 1.61. The smallest absolute Gasteiger partial charge is 0.243 e. The lowest BCUT2D eigenvalue weighted by Crippen LogP contribution is -2.39. The van der Waals surface area contributed by atoms with Gasteiger partial charge in [0, 0.05) is 32.0 Å². The third-order valence-electron chi connectivity index (χ3n) is 4.35. The first-order chi connectivity index (χ1) is 11.6. The lowest BCUT2D eigenvalue weighted by Gasteiger charge is -2.31. The van der Waals surface area contributed by atoms with Gasteiger partial charge in [0.25, 0.3) is 0 Å². The van der Waals surface area contributed by atoms with E-state index in [1.54, 1.807) is 34.8 Å². The summed E-state index contributed by atoms with van der Waals surface area (Å²) >= 11 is 0. The molecule has 0 radical (unpaired) electrons. The minimum atomic E-state index is -3.42. The predicted octanol–water partition coefficient (Wildman–Crippen LogP) is 2.38. The summed E-state index contributed by atoms with van der Waals surface area (Å²) in [5.41, 5.74) is 0. The molecule has 1 saturated heterocycles. The van der Waals surface area contributed by atoms with Crippen molar-refractivity contribution < 1.29 is 13.2 Å². The van der Waals surface area contributed by atoms with E-state index in [4.69, 9.17) is 4.74 Å². The Labute approximate surface area is 143 Å². The fourth-order valence-corrected chi connectivity index (χ4v) is 4.50. The Hall–Kier alpha value is -1.86. The van der Waals surface area contributed by atoms with Crippen LogP contribution in [0.4, 0.5) is 0 Å². The summed E-state index contributed by atoms with van der Waals surface area (Å²) in [7, 11) is -3.42. The van der Waals surface area contributed by atoms with Gasteiger partial charge in [0.05, 0.1) is 11.5 Å². The first-order valence-electron chi connectivity index (χ1n) is 8.30. The molecule has 1 aliphatic heterocycles. The van der Waals surface area contributed by atoms with E-state index in [-0.39, 0.29) is 0 Å². The van der Waals surface area contributed by atoms with Gasteiger partial charge in [-0.2, -0.15) is 9.40 Å². The van der Waals surface area contributed by atoms with Gasteiger partial charge in [-0.25, -0.2) is 8.42 Å². The van der Waals surface area contributed by atoms with E-state index in [0.29, 0.717) is 36.3 Å². The van der Waals surface area contributed by atoms with Crippen molar-refractivity contribution >= 4 is 10.0 Å². The van der Waals surface area contributed by atoms with E-state index >= 15 is 0 Å². The number of nitrogens with zero attached hydrogens (tertiary/aromatic N) is 3. The quantitative estimate of drug-likeness (QED) is 0.803. The molecule has 1 aromatic heterocycles. The van der Waals surface area contributed by atoms with Gasteiger partial charge in [0.1, 0.15) is 5.75 Å². The third kappa shape index (κ3) is 3.79. The van der Waals surface area contributed by atoms with E-state index in [9.17, 15) is 8.42 Å². The fraction of sp³-hybridized carbons (Fsp3) is 0.471. The number of hydrogen-bond acceptors (Lipinski definition) is 4. The average Bonchev–Trinajstić information content (AvgIpc) is 3.09. The summed E-state index contributed by atoms with van der Waals surface area (Å²) < 4.78 is 34.4. The molecule has 0 aliphatic carbocycles. The zero-order valence-corrected chi connectivity index (χ0v) is 14.7. The Morgan fingerprint density at radius 2 is 1.92 bits per heavy atom. The predicted molar refractivity (Wildman–Crippen MR) is 91.3 cm³/mol. The van der Waals surface area contributed by atoms with Crippen LogP contribution in [-0.4, -0.2) is 42.2 Å². The summed E-state index contributed by atoms with van der Waals surface area (Å²) in [5, 5.41) is 4.22. The van der Waals surface area contributed by atoms with Gasteiger partial charge >= 0.3 is 0 Å². The van der Waals surface area contributed by atoms with Crippen LogP contribution in [0.1, 0.15) is 19.8 Å². The number of piperidine rings is 1. The lowest BCUT2D eigenvalue weighted by atomic mass is 9.98. The maximum Gasteiger partial charge on any atom is 0.243 e. The second-order valence-corrected chi connectivity index (χ2v) is 7.92. The largest absolute Gasteiger partial charge is 0.494 e. The first-order valence-corrected chi connectivity index (χ1v) is 9.74. The highest BCUT2D eigenvalue weighted by Crippen LogP contribution is 2.25. The van der Waals surface area contributed by atoms with Crippen molar-refractivity contribution in [1.29, 1.82) is 0 Å². The Kier molecular flexibility index (Phi) is 5.20. The molecule has 0 N–H and O–H groups in total. The van der Waals surface area contributed by atoms with Gasteiger partial charge in [-0.1, -0.05) is 0 Å². The van der Waals surface area contributed by atoms with Gasteiger partial charge in [0.2, 0.25) is 10.0 Å². The minimum absolute atomic E-state index is 0.330. The molecule has 0 atom stereocenters. The number of aromatic nitrogens is 2. The first kappa shape index (κ1) is 17.0. The van der Waals surface area contributed by atoms with E-state index in [1.807, 2.05) is 23.9 Å². The second-order valence-electron chi connectivity index (χ2n) is 5.98. The summed E-state index contributed by atoms with van der Waals surface area (Å²) in [4.78, 5) is 0.330. The Bertz CT molecular complexity index is 734. The molecule has 1 fully saturated rings. The maximum atomic E-state index is 12.7. The van der Waals surface area contributed by atoms with Crippen molar-refractivity contribution in [3.8, 4) is 5.75 Å². The topological polar surface area (TPSA) is 64.4 Å². The van der Waals surface area contributed by atoms with Crippen LogP contribution in [0.2, 0.25) is 0 Å². The zero-order chi connectivity index (χ0) is 17.0. The van der Waals surface area contributed by atoms with Crippen LogP contribution in [0.15, 0.2) is 47.6 Å². The molecule has 3 rings (SSSR count). The molecule has 0 amide bonds. The van der Waals surface area contributed by atoms with Crippen molar-refractivity contribution in [2.24, 2.45) is 5.92 Å². The van der Waals surface area contributed by atoms with E-state index in [1.165, 1.54) is 0 Å².